The molecular weight excluding hydrogens is 226 g/mol. The van der Waals surface area contributed by atoms with Gasteiger partial charge in [0.05, 0.1) is 6.61 Å². The van der Waals surface area contributed by atoms with Crippen LogP contribution < -0.4 is 10.1 Å². The lowest BCUT2D eigenvalue weighted by Gasteiger charge is -2.10. The van der Waals surface area contributed by atoms with Crippen molar-refractivity contribution in [1.82, 2.24) is 5.32 Å². The second-order valence-electron chi connectivity index (χ2n) is 4.78. The first-order valence-corrected chi connectivity index (χ1v) is 6.88. The summed E-state index contributed by atoms with van der Waals surface area (Å²) < 4.78 is 11.0. The van der Waals surface area contributed by atoms with Crippen molar-refractivity contribution in [1.29, 1.82) is 0 Å². The minimum absolute atomic E-state index is 0.689. The Hall–Kier alpha value is -1.06. The van der Waals surface area contributed by atoms with Crippen LogP contribution >= 0.6 is 0 Å². The summed E-state index contributed by atoms with van der Waals surface area (Å²) in [6.07, 6.45) is 2.26. The van der Waals surface area contributed by atoms with E-state index in [4.69, 9.17) is 9.47 Å². The van der Waals surface area contributed by atoms with E-state index >= 15 is 0 Å². The van der Waals surface area contributed by atoms with Crippen LogP contribution in [-0.2, 0) is 11.2 Å². The van der Waals surface area contributed by atoms with Crippen LogP contribution in [0.5, 0.6) is 5.75 Å². The molecule has 0 bridgehead atoms. The maximum absolute atomic E-state index is 5.68. The zero-order valence-electron chi connectivity index (χ0n) is 11.2. The van der Waals surface area contributed by atoms with Crippen LogP contribution in [0.4, 0.5) is 0 Å². The van der Waals surface area contributed by atoms with Crippen molar-refractivity contribution in [3.05, 3.63) is 29.8 Å². The lowest BCUT2D eigenvalue weighted by molar-refractivity contribution is 0.185. The highest BCUT2D eigenvalue weighted by atomic mass is 16.5. The van der Waals surface area contributed by atoms with Gasteiger partial charge in [-0.3, -0.25) is 0 Å². The van der Waals surface area contributed by atoms with Gasteiger partial charge in [-0.25, -0.2) is 0 Å². The summed E-state index contributed by atoms with van der Waals surface area (Å²) >= 11 is 0. The van der Waals surface area contributed by atoms with E-state index in [1.807, 2.05) is 12.1 Å². The third kappa shape index (κ3) is 4.31. The van der Waals surface area contributed by atoms with Crippen molar-refractivity contribution in [2.75, 3.05) is 32.9 Å². The summed E-state index contributed by atoms with van der Waals surface area (Å²) in [5, 5.41) is 3.42. The molecule has 1 saturated heterocycles. The average Bonchev–Trinajstić information content (AvgIpc) is 2.92. The smallest absolute Gasteiger partial charge is 0.119 e. The quantitative estimate of drug-likeness (QED) is 0.752. The number of aryl methyl sites for hydroxylation is 1. The molecule has 1 aromatic rings. The van der Waals surface area contributed by atoms with Crippen molar-refractivity contribution >= 4 is 0 Å². The fraction of sp³-hybridized carbons (Fsp3) is 0.600. The molecule has 1 aliphatic heterocycles. The van der Waals surface area contributed by atoms with Gasteiger partial charge in [-0.2, -0.15) is 0 Å². The number of hydrogen-bond donors (Lipinski definition) is 1. The van der Waals surface area contributed by atoms with Crippen LogP contribution in [0.15, 0.2) is 24.3 Å². The molecule has 1 N–H and O–H groups in total. The minimum atomic E-state index is 0.689. The van der Waals surface area contributed by atoms with Crippen LogP contribution in [0.1, 0.15) is 18.9 Å². The molecule has 0 spiro atoms. The first-order valence-electron chi connectivity index (χ1n) is 6.88. The Bertz CT molecular complexity index is 331. The van der Waals surface area contributed by atoms with E-state index in [0.717, 1.165) is 45.1 Å². The molecular formula is C15H23NO2. The molecule has 18 heavy (non-hydrogen) atoms. The van der Waals surface area contributed by atoms with Crippen molar-refractivity contribution < 1.29 is 9.47 Å². The Morgan fingerprint density at radius 2 is 2.17 bits per heavy atom. The second-order valence-corrected chi connectivity index (χ2v) is 4.78. The highest BCUT2D eigenvalue weighted by Gasteiger charge is 2.14. The maximum Gasteiger partial charge on any atom is 0.119 e. The molecule has 1 aromatic carbocycles. The molecule has 0 amide bonds. The van der Waals surface area contributed by atoms with E-state index in [0.29, 0.717) is 5.92 Å². The van der Waals surface area contributed by atoms with E-state index in [1.54, 1.807) is 0 Å². The van der Waals surface area contributed by atoms with E-state index in [9.17, 15) is 0 Å². The number of rotatable bonds is 7. The molecule has 1 aliphatic rings. The van der Waals surface area contributed by atoms with Crippen LogP contribution in [0, 0.1) is 5.92 Å². The Kier molecular flexibility index (Phi) is 5.49. The topological polar surface area (TPSA) is 30.5 Å². The van der Waals surface area contributed by atoms with Gasteiger partial charge in [-0.1, -0.05) is 19.1 Å². The van der Waals surface area contributed by atoms with E-state index in [-0.39, 0.29) is 0 Å². The van der Waals surface area contributed by atoms with Gasteiger partial charge in [0.2, 0.25) is 0 Å². The first kappa shape index (κ1) is 13.4. The normalized spacial score (nSPS) is 19.1. The van der Waals surface area contributed by atoms with Gasteiger partial charge >= 0.3 is 0 Å². The Balaban J connectivity index is 1.56. The molecule has 0 saturated carbocycles. The van der Waals surface area contributed by atoms with E-state index in [2.05, 4.69) is 24.4 Å². The van der Waals surface area contributed by atoms with Gasteiger partial charge < -0.3 is 14.8 Å². The summed E-state index contributed by atoms with van der Waals surface area (Å²) in [5.41, 5.74) is 1.35. The average molecular weight is 249 g/mol. The van der Waals surface area contributed by atoms with Gasteiger partial charge in [0.25, 0.3) is 0 Å². The van der Waals surface area contributed by atoms with Crippen molar-refractivity contribution in [3.63, 3.8) is 0 Å². The lowest BCUT2D eigenvalue weighted by Crippen LogP contribution is -2.27. The van der Waals surface area contributed by atoms with Crippen LogP contribution in [-0.4, -0.2) is 32.9 Å². The third-order valence-electron chi connectivity index (χ3n) is 3.34. The monoisotopic (exact) mass is 249 g/mol. The van der Waals surface area contributed by atoms with Crippen molar-refractivity contribution in [2.45, 2.75) is 19.8 Å². The van der Waals surface area contributed by atoms with Crippen LogP contribution in [0.3, 0.4) is 0 Å². The van der Waals surface area contributed by atoms with Crippen LogP contribution in [0.2, 0.25) is 0 Å². The van der Waals surface area contributed by atoms with Gasteiger partial charge in [0, 0.05) is 19.7 Å². The second kappa shape index (κ2) is 7.39. The van der Waals surface area contributed by atoms with Crippen molar-refractivity contribution in [2.24, 2.45) is 5.92 Å². The zero-order chi connectivity index (χ0) is 12.6. The molecule has 3 heteroatoms. The van der Waals surface area contributed by atoms with Gasteiger partial charge in [0.15, 0.2) is 0 Å². The summed E-state index contributed by atoms with van der Waals surface area (Å²) in [5.74, 6) is 1.65. The van der Waals surface area contributed by atoms with Gasteiger partial charge in [-0.05, 0) is 36.5 Å². The molecule has 1 heterocycles. The Morgan fingerprint density at radius 3 is 2.83 bits per heavy atom. The number of ether oxygens (including phenoxy) is 2. The predicted octanol–water partition coefficient (Wildman–Crippen LogP) is 2.25. The highest BCUT2D eigenvalue weighted by Crippen LogP contribution is 2.12. The van der Waals surface area contributed by atoms with Gasteiger partial charge in [-0.15, -0.1) is 0 Å². The fourth-order valence-electron chi connectivity index (χ4n) is 2.11. The SMILES string of the molecule is CCc1ccc(OCCNCC2CCOC2)cc1. The summed E-state index contributed by atoms with van der Waals surface area (Å²) in [6, 6.07) is 8.34. The molecule has 0 aromatic heterocycles. The zero-order valence-corrected chi connectivity index (χ0v) is 11.2. The lowest BCUT2D eigenvalue weighted by atomic mass is 10.1. The van der Waals surface area contributed by atoms with Crippen molar-refractivity contribution in [3.8, 4) is 5.75 Å². The summed E-state index contributed by atoms with van der Waals surface area (Å²) in [7, 11) is 0. The molecule has 1 fully saturated rings. The number of nitrogens with one attached hydrogen (secondary N) is 1. The van der Waals surface area contributed by atoms with E-state index < -0.39 is 0 Å². The Morgan fingerprint density at radius 1 is 1.33 bits per heavy atom. The summed E-state index contributed by atoms with van der Waals surface area (Å²) in [6.45, 7) is 6.65. The third-order valence-corrected chi connectivity index (χ3v) is 3.34. The molecule has 1 atom stereocenters. The minimum Gasteiger partial charge on any atom is -0.492 e. The first-order chi connectivity index (χ1) is 8.88. The molecule has 100 valence electrons. The molecule has 2 rings (SSSR count). The molecule has 3 nitrogen and oxygen atoms in total. The molecule has 0 radical (unpaired) electrons. The Labute approximate surface area is 109 Å². The number of benzene rings is 1. The van der Waals surface area contributed by atoms with E-state index in [1.165, 1.54) is 12.0 Å². The summed E-state index contributed by atoms with van der Waals surface area (Å²) in [4.78, 5) is 0. The molecule has 1 unspecified atom stereocenters. The predicted molar refractivity (Wildman–Crippen MR) is 73.1 cm³/mol. The molecule has 0 aliphatic carbocycles. The standard InChI is InChI=1S/C15H23NO2/c1-2-13-3-5-15(6-4-13)18-10-8-16-11-14-7-9-17-12-14/h3-6,14,16H,2,7-12H2,1H3. The van der Waals surface area contributed by atoms with Crippen LogP contribution in [0.25, 0.3) is 0 Å². The number of hydrogen-bond acceptors (Lipinski definition) is 3. The highest BCUT2D eigenvalue weighted by molar-refractivity contribution is 5.27. The van der Waals surface area contributed by atoms with Gasteiger partial charge in [0.1, 0.15) is 12.4 Å². The fourth-order valence-corrected chi connectivity index (χ4v) is 2.11. The largest absolute Gasteiger partial charge is 0.492 e. The maximum atomic E-state index is 5.68.